The van der Waals surface area contributed by atoms with Crippen molar-refractivity contribution in [3.8, 4) is 0 Å². The summed E-state index contributed by atoms with van der Waals surface area (Å²) in [6.07, 6.45) is 3.57. The predicted molar refractivity (Wildman–Crippen MR) is 65.3 cm³/mol. The Morgan fingerprint density at radius 3 is 2.93 bits per heavy atom. The molecule has 0 fully saturated rings. The van der Waals surface area contributed by atoms with Crippen molar-refractivity contribution >= 4 is 11.8 Å². The van der Waals surface area contributed by atoms with Crippen molar-refractivity contribution in [1.29, 1.82) is 0 Å². The zero-order valence-corrected chi connectivity index (χ0v) is 10.2. The fourth-order valence-corrected chi connectivity index (χ4v) is 3.90. The van der Waals surface area contributed by atoms with Gasteiger partial charge in [-0.05, 0) is 36.8 Å². The van der Waals surface area contributed by atoms with Crippen molar-refractivity contribution in [3.63, 3.8) is 0 Å². The van der Waals surface area contributed by atoms with Crippen molar-refractivity contribution in [2.45, 2.75) is 38.4 Å². The molecule has 0 radical (unpaired) electrons. The first-order valence-corrected chi connectivity index (χ1v) is 6.35. The molecule has 0 spiro atoms. The molecule has 0 bridgehead atoms. The Labute approximate surface area is 95.0 Å². The summed E-state index contributed by atoms with van der Waals surface area (Å²) in [4.78, 5) is 6.20. The van der Waals surface area contributed by atoms with Crippen LogP contribution in [0.3, 0.4) is 0 Å². The summed E-state index contributed by atoms with van der Waals surface area (Å²) in [6.45, 7) is 6.49. The van der Waals surface area contributed by atoms with E-state index in [4.69, 9.17) is 4.98 Å². The van der Waals surface area contributed by atoms with Crippen molar-refractivity contribution in [1.82, 2.24) is 4.98 Å². The third-order valence-corrected chi connectivity index (χ3v) is 4.75. The zero-order chi connectivity index (χ0) is 10.6. The van der Waals surface area contributed by atoms with Gasteiger partial charge >= 0.3 is 0 Å². The van der Waals surface area contributed by atoms with Crippen LogP contribution in [0.4, 0.5) is 0 Å². The van der Waals surface area contributed by atoms with Gasteiger partial charge in [-0.3, -0.25) is 4.98 Å². The van der Waals surface area contributed by atoms with Gasteiger partial charge in [-0.25, -0.2) is 0 Å². The molecule has 2 aliphatic rings. The lowest BCUT2D eigenvalue weighted by Gasteiger charge is -2.08. The van der Waals surface area contributed by atoms with Crippen LogP contribution in [0.25, 0.3) is 0 Å². The number of hydrogen-bond acceptors (Lipinski definition) is 2. The molecule has 1 aliphatic heterocycles. The fourth-order valence-electron chi connectivity index (χ4n) is 2.59. The Bertz CT molecular complexity index is 462. The monoisotopic (exact) mass is 217 g/mol. The quantitative estimate of drug-likeness (QED) is 0.661. The summed E-state index contributed by atoms with van der Waals surface area (Å²) >= 11 is 2.03. The number of aromatic nitrogens is 1. The molecule has 3 rings (SSSR count). The summed E-state index contributed by atoms with van der Waals surface area (Å²) in [7, 11) is 0. The van der Waals surface area contributed by atoms with Gasteiger partial charge in [0.2, 0.25) is 0 Å². The average Bonchev–Trinajstić information content (AvgIpc) is 2.64. The van der Waals surface area contributed by atoms with Crippen molar-refractivity contribution in [2.24, 2.45) is 0 Å². The van der Waals surface area contributed by atoms with E-state index in [-0.39, 0.29) is 0 Å². The van der Waals surface area contributed by atoms with Crippen molar-refractivity contribution < 1.29 is 0 Å². The van der Waals surface area contributed by atoms with Crippen LogP contribution >= 0.6 is 11.8 Å². The Morgan fingerprint density at radius 2 is 2.13 bits per heavy atom. The van der Waals surface area contributed by atoms with Crippen LogP contribution in [-0.4, -0.2) is 10.2 Å². The minimum Gasteiger partial charge on any atom is -0.258 e. The van der Waals surface area contributed by atoms with E-state index in [1.165, 1.54) is 27.4 Å². The molecule has 78 valence electrons. The van der Waals surface area contributed by atoms with E-state index >= 15 is 0 Å². The summed E-state index contributed by atoms with van der Waals surface area (Å²) in [6, 6.07) is 2.35. The molecule has 0 N–H and O–H groups in total. The number of aryl methyl sites for hydroxylation is 2. The van der Waals surface area contributed by atoms with Crippen LogP contribution in [0.15, 0.2) is 17.0 Å². The van der Waals surface area contributed by atoms with E-state index in [1.807, 2.05) is 11.8 Å². The van der Waals surface area contributed by atoms with E-state index in [9.17, 15) is 0 Å². The second kappa shape index (κ2) is 3.11. The van der Waals surface area contributed by atoms with Gasteiger partial charge in [-0.15, -0.1) is 11.8 Å². The highest BCUT2D eigenvalue weighted by atomic mass is 32.2. The molecule has 2 heteroatoms. The molecule has 1 nitrogen and oxygen atoms in total. The molecule has 1 aromatic rings. The van der Waals surface area contributed by atoms with E-state index < -0.39 is 0 Å². The summed E-state index contributed by atoms with van der Waals surface area (Å²) in [5.74, 6) is 0.636. The van der Waals surface area contributed by atoms with Crippen molar-refractivity contribution in [2.75, 3.05) is 0 Å². The minimum atomic E-state index is 0.636. The van der Waals surface area contributed by atoms with Gasteiger partial charge in [0, 0.05) is 29.0 Å². The molecule has 2 heterocycles. The number of allylic oxidation sites excluding steroid dienone is 2. The molecule has 2 atom stereocenters. The van der Waals surface area contributed by atoms with E-state index in [1.54, 1.807) is 0 Å². The van der Waals surface area contributed by atoms with Gasteiger partial charge < -0.3 is 0 Å². The Morgan fingerprint density at radius 1 is 1.33 bits per heavy atom. The second-order valence-corrected chi connectivity index (χ2v) is 6.08. The zero-order valence-electron chi connectivity index (χ0n) is 9.37. The highest BCUT2D eigenvalue weighted by molar-refractivity contribution is 8.03. The van der Waals surface area contributed by atoms with Crippen LogP contribution < -0.4 is 0 Å². The van der Waals surface area contributed by atoms with Crippen LogP contribution in [0.1, 0.15) is 35.4 Å². The molecule has 1 aliphatic carbocycles. The van der Waals surface area contributed by atoms with Gasteiger partial charge in [0.05, 0.1) is 0 Å². The maximum atomic E-state index is 4.72. The first-order chi connectivity index (χ1) is 7.15. The lowest BCUT2D eigenvalue weighted by atomic mass is 10.0. The number of hydrogen-bond donors (Lipinski definition) is 0. The second-order valence-electron chi connectivity index (χ2n) is 4.59. The van der Waals surface area contributed by atoms with Crippen LogP contribution in [0.5, 0.6) is 0 Å². The molecule has 0 saturated heterocycles. The maximum Gasteiger partial charge on any atom is 0.0456 e. The molecule has 15 heavy (non-hydrogen) atoms. The van der Waals surface area contributed by atoms with E-state index in [0.717, 1.165) is 11.7 Å². The van der Waals surface area contributed by atoms with Gasteiger partial charge in [0.1, 0.15) is 0 Å². The smallest absolute Gasteiger partial charge is 0.0456 e. The SMILES string of the molecule is CC1=CC2c3cc(C)c(C)nc3CC2S1. The molecule has 0 aromatic carbocycles. The molecular weight excluding hydrogens is 202 g/mol. The molecule has 2 unspecified atom stereocenters. The van der Waals surface area contributed by atoms with Crippen molar-refractivity contribution in [3.05, 3.63) is 39.6 Å². The van der Waals surface area contributed by atoms with Crippen LogP contribution in [0, 0.1) is 13.8 Å². The molecular formula is C13H15NS. The third-order valence-electron chi connectivity index (χ3n) is 3.48. The van der Waals surface area contributed by atoms with E-state index in [0.29, 0.717) is 5.92 Å². The van der Waals surface area contributed by atoms with Gasteiger partial charge in [-0.1, -0.05) is 12.1 Å². The van der Waals surface area contributed by atoms with Gasteiger partial charge in [-0.2, -0.15) is 0 Å². The summed E-state index contributed by atoms with van der Waals surface area (Å²) in [5.41, 5.74) is 5.34. The van der Waals surface area contributed by atoms with Gasteiger partial charge in [0.25, 0.3) is 0 Å². The highest BCUT2D eigenvalue weighted by Crippen LogP contribution is 2.48. The number of pyridine rings is 1. The first kappa shape index (κ1) is 9.46. The van der Waals surface area contributed by atoms with Crippen LogP contribution in [-0.2, 0) is 6.42 Å². The number of nitrogens with zero attached hydrogens (tertiary/aromatic N) is 1. The number of fused-ring (bicyclic) bond motifs is 3. The lowest BCUT2D eigenvalue weighted by Crippen LogP contribution is -2.01. The standard InChI is InChI=1S/C13H15NS/c1-7-4-10-11-5-8(2)15-13(11)6-12(10)14-9(7)3/h4-5,11,13H,6H2,1-3H3. The first-order valence-electron chi connectivity index (χ1n) is 5.47. The lowest BCUT2D eigenvalue weighted by molar-refractivity contribution is 0.847. The highest BCUT2D eigenvalue weighted by Gasteiger charge is 2.36. The predicted octanol–water partition coefficient (Wildman–Crippen LogP) is 3.36. The van der Waals surface area contributed by atoms with E-state index in [2.05, 4.69) is 32.9 Å². The van der Waals surface area contributed by atoms with Crippen LogP contribution in [0.2, 0.25) is 0 Å². The Balaban J connectivity index is 2.12. The maximum absolute atomic E-state index is 4.72. The Hall–Kier alpha value is -0.760. The largest absolute Gasteiger partial charge is 0.258 e. The molecule has 0 saturated carbocycles. The number of thioether (sulfide) groups is 1. The van der Waals surface area contributed by atoms with Gasteiger partial charge in [0.15, 0.2) is 0 Å². The number of rotatable bonds is 0. The summed E-state index contributed by atoms with van der Waals surface area (Å²) < 4.78 is 0. The molecule has 0 amide bonds. The topological polar surface area (TPSA) is 12.9 Å². The third kappa shape index (κ3) is 1.35. The minimum absolute atomic E-state index is 0.636. The average molecular weight is 217 g/mol. The normalized spacial score (nSPS) is 27.5. The fraction of sp³-hybridized carbons (Fsp3) is 0.462. The Kier molecular flexibility index (Phi) is 1.96. The summed E-state index contributed by atoms with van der Waals surface area (Å²) in [5, 5.41) is 0.730. The molecule has 1 aromatic heterocycles.